The number of methoxy groups -OCH3 is 1. The molecule has 0 unspecified atom stereocenters. The van der Waals surface area contributed by atoms with Gasteiger partial charge in [0.1, 0.15) is 11.4 Å². The standard InChI is InChI=1S/C19H17N3O6S/c1-27-12-6-7-13(15(10-12)22(25)26)20-17(23)11-28-19(24)9-8-18-21-14-4-2-3-5-16(14)29-18/h2-7,10H,8-9,11H2,1H3,(H,20,23). The molecule has 29 heavy (non-hydrogen) atoms. The molecule has 0 saturated heterocycles. The maximum atomic E-state index is 12.0. The zero-order valence-corrected chi connectivity index (χ0v) is 16.2. The molecular formula is C19H17N3O6S. The number of nitrogens with zero attached hydrogens (tertiary/aromatic N) is 2. The lowest BCUT2D eigenvalue weighted by molar-refractivity contribution is -0.384. The molecule has 0 spiro atoms. The van der Waals surface area contributed by atoms with Crippen molar-refractivity contribution in [3.8, 4) is 5.75 Å². The van der Waals surface area contributed by atoms with Gasteiger partial charge in [-0.25, -0.2) is 4.98 Å². The maximum Gasteiger partial charge on any atom is 0.306 e. The molecule has 0 aliphatic rings. The molecule has 0 aliphatic carbocycles. The average molecular weight is 415 g/mol. The Labute approximate surface area is 169 Å². The van der Waals surface area contributed by atoms with Crippen LogP contribution in [-0.2, 0) is 20.7 Å². The van der Waals surface area contributed by atoms with Crippen LogP contribution in [0.25, 0.3) is 10.2 Å². The summed E-state index contributed by atoms with van der Waals surface area (Å²) in [5.74, 6) is -0.939. The smallest absolute Gasteiger partial charge is 0.306 e. The minimum Gasteiger partial charge on any atom is -0.496 e. The summed E-state index contributed by atoms with van der Waals surface area (Å²) >= 11 is 1.50. The van der Waals surface area contributed by atoms with Gasteiger partial charge < -0.3 is 14.8 Å². The molecule has 1 heterocycles. The van der Waals surface area contributed by atoms with Gasteiger partial charge in [-0.3, -0.25) is 19.7 Å². The number of nitrogens with one attached hydrogen (secondary N) is 1. The first-order chi connectivity index (χ1) is 14.0. The SMILES string of the molecule is COc1ccc(NC(=O)COC(=O)CCc2nc3ccccc3s2)c([N+](=O)[O-])c1. The summed E-state index contributed by atoms with van der Waals surface area (Å²) in [7, 11) is 1.38. The summed E-state index contributed by atoms with van der Waals surface area (Å²) in [4.78, 5) is 38.8. The molecule has 0 aliphatic heterocycles. The lowest BCUT2D eigenvalue weighted by Gasteiger charge is -2.08. The number of hydrogen-bond acceptors (Lipinski definition) is 8. The first-order valence-corrected chi connectivity index (χ1v) is 9.40. The van der Waals surface area contributed by atoms with Gasteiger partial charge in [-0.2, -0.15) is 0 Å². The monoisotopic (exact) mass is 415 g/mol. The molecule has 0 fully saturated rings. The second-order valence-corrected chi connectivity index (χ2v) is 7.04. The lowest BCUT2D eigenvalue weighted by atomic mass is 10.2. The quantitative estimate of drug-likeness (QED) is 0.340. The van der Waals surface area contributed by atoms with E-state index in [1.165, 1.54) is 36.6 Å². The number of aryl methyl sites for hydroxylation is 1. The first kappa shape index (κ1) is 20.2. The molecule has 150 valence electrons. The van der Waals surface area contributed by atoms with Crippen molar-refractivity contribution < 1.29 is 24.0 Å². The fourth-order valence-corrected chi connectivity index (χ4v) is 3.50. The van der Waals surface area contributed by atoms with Crippen LogP contribution in [0, 0.1) is 10.1 Å². The predicted octanol–water partition coefficient (Wildman–Crippen LogP) is 3.33. The zero-order valence-electron chi connectivity index (χ0n) is 15.4. The van der Waals surface area contributed by atoms with Crippen molar-refractivity contribution in [3.05, 3.63) is 57.6 Å². The Balaban J connectivity index is 1.50. The van der Waals surface area contributed by atoms with Gasteiger partial charge in [0.15, 0.2) is 6.61 Å². The third-order valence-corrected chi connectivity index (χ3v) is 5.02. The maximum absolute atomic E-state index is 12.0. The number of aromatic nitrogens is 1. The Morgan fingerprint density at radius 2 is 2.03 bits per heavy atom. The highest BCUT2D eigenvalue weighted by atomic mass is 32.1. The van der Waals surface area contributed by atoms with Gasteiger partial charge in [0.05, 0.1) is 39.7 Å². The summed E-state index contributed by atoms with van der Waals surface area (Å²) in [5, 5.41) is 14.3. The van der Waals surface area contributed by atoms with Gasteiger partial charge in [-0.15, -0.1) is 11.3 Å². The highest BCUT2D eigenvalue weighted by Gasteiger charge is 2.18. The molecule has 9 nitrogen and oxygen atoms in total. The summed E-state index contributed by atoms with van der Waals surface area (Å²) in [6.07, 6.45) is 0.486. The number of benzene rings is 2. The fraction of sp³-hybridized carbons (Fsp3) is 0.211. The number of nitro benzene ring substituents is 1. The molecular weight excluding hydrogens is 398 g/mol. The van der Waals surface area contributed by atoms with Gasteiger partial charge in [0, 0.05) is 6.42 Å². The third kappa shape index (κ3) is 5.26. The number of anilines is 1. The molecule has 3 rings (SSSR count). The molecule has 1 amide bonds. The Kier molecular flexibility index (Phi) is 6.35. The van der Waals surface area contributed by atoms with E-state index in [0.717, 1.165) is 15.2 Å². The van der Waals surface area contributed by atoms with E-state index >= 15 is 0 Å². The minimum atomic E-state index is -0.674. The van der Waals surface area contributed by atoms with E-state index in [4.69, 9.17) is 9.47 Å². The van der Waals surface area contributed by atoms with Crippen molar-refractivity contribution in [3.63, 3.8) is 0 Å². The van der Waals surface area contributed by atoms with Crippen molar-refractivity contribution in [1.29, 1.82) is 0 Å². The molecule has 3 aromatic rings. The van der Waals surface area contributed by atoms with Crippen LogP contribution in [0.1, 0.15) is 11.4 Å². The van der Waals surface area contributed by atoms with Crippen molar-refractivity contribution in [2.24, 2.45) is 0 Å². The number of fused-ring (bicyclic) bond motifs is 1. The van der Waals surface area contributed by atoms with Crippen LogP contribution < -0.4 is 10.1 Å². The molecule has 0 radical (unpaired) electrons. The number of hydrogen-bond donors (Lipinski definition) is 1. The van der Waals surface area contributed by atoms with Crippen LogP contribution >= 0.6 is 11.3 Å². The minimum absolute atomic E-state index is 0.00803. The van der Waals surface area contributed by atoms with Gasteiger partial charge >= 0.3 is 5.97 Å². The summed E-state index contributed by atoms with van der Waals surface area (Å²) < 4.78 is 10.9. The molecule has 0 bridgehead atoms. The third-order valence-electron chi connectivity index (χ3n) is 3.92. The Bertz CT molecular complexity index is 1030. The van der Waals surface area contributed by atoms with Crippen molar-refractivity contribution >= 4 is 44.8 Å². The number of amides is 1. The molecule has 1 aromatic heterocycles. The number of para-hydroxylation sites is 1. The van der Waals surface area contributed by atoms with Gasteiger partial charge in [0.2, 0.25) is 0 Å². The van der Waals surface area contributed by atoms with Crippen LogP contribution in [0.3, 0.4) is 0 Å². The van der Waals surface area contributed by atoms with Crippen LogP contribution in [0.4, 0.5) is 11.4 Å². The van der Waals surface area contributed by atoms with Crippen molar-refractivity contribution in [2.45, 2.75) is 12.8 Å². The van der Waals surface area contributed by atoms with E-state index in [0.29, 0.717) is 6.42 Å². The lowest BCUT2D eigenvalue weighted by Crippen LogP contribution is -2.21. The van der Waals surface area contributed by atoms with E-state index in [1.54, 1.807) is 0 Å². The number of carbonyl (C=O) groups is 2. The van der Waals surface area contributed by atoms with Crippen LogP contribution in [0.2, 0.25) is 0 Å². The Morgan fingerprint density at radius 1 is 1.24 bits per heavy atom. The Morgan fingerprint density at radius 3 is 2.76 bits per heavy atom. The highest BCUT2D eigenvalue weighted by molar-refractivity contribution is 7.18. The van der Waals surface area contributed by atoms with Gasteiger partial charge in [-0.1, -0.05) is 12.1 Å². The van der Waals surface area contributed by atoms with E-state index in [2.05, 4.69) is 10.3 Å². The average Bonchev–Trinajstić information content (AvgIpc) is 3.14. The van der Waals surface area contributed by atoms with E-state index in [9.17, 15) is 19.7 Å². The van der Waals surface area contributed by atoms with Gasteiger partial charge in [0.25, 0.3) is 11.6 Å². The summed E-state index contributed by atoms with van der Waals surface area (Å²) in [6.45, 7) is -0.540. The predicted molar refractivity (Wildman–Crippen MR) is 107 cm³/mol. The number of carbonyl (C=O) groups excluding carboxylic acids is 2. The number of thiazole rings is 1. The number of ether oxygens (including phenoxy) is 2. The summed E-state index contributed by atoms with van der Waals surface area (Å²) in [6, 6.07) is 11.7. The number of rotatable bonds is 8. The molecule has 10 heteroatoms. The highest BCUT2D eigenvalue weighted by Crippen LogP contribution is 2.29. The van der Waals surface area contributed by atoms with E-state index in [-0.39, 0.29) is 23.5 Å². The number of nitro groups is 1. The zero-order chi connectivity index (χ0) is 20.8. The topological polar surface area (TPSA) is 121 Å². The molecule has 0 atom stereocenters. The largest absolute Gasteiger partial charge is 0.496 e. The number of esters is 1. The second kappa shape index (κ2) is 9.11. The van der Waals surface area contributed by atoms with E-state index in [1.807, 2.05) is 24.3 Å². The normalized spacial score (nSPS) is 10.5. The van der Waals surface area contributed by atoms with Crippen molar-refractivity contribution in [2.75, 3.05) is 19.0 Å². The second-order valence-electron chi connectivity index (χ2n) is 5.92. The van der Waals surface area contributed by atoms with Crippen molar-refractivity contribution in [1.82, 2.24) is 4.98 Å². The van der Waals surface area contributed by atoms with Gasteiger partial charge in [-0.05, 0) is 24.3 Å². The fourth-order valence-electron chi connectivity index (χ4n) is 2.54. The first-order valence-electron chi connectivity index (χ1n) is 8.58. The van der Waals surface area contributed by atoms with Crippen LogP contribution in [0.15, 0.2) is 42.5 Å². The molecule has 0 saturated carbocycles. The van der Waals surface area contributed by atoms with E-state index < -0.39 is 23.4 Å². The van der Waals surface area contributed by atoms with Crippen LogP contribution in [0.5, 0.6) is 5.75 Å². The Hall–Kier alpha value is -3.53. The summed E-state index contributed by atoms with van der Waals surface area (Å²) in [5.41, 5.74) is 0.549. The van der Waals surface area contributed by atoms with Crippen LogP contribution in [-0.4, -0.2) is 35.5 Å². The molecule has 1 N–H and O–H groups in total. The molecule has 2 aromatic carbocycles.